The van der Waals surface area contributed by atoms with E-state index in [1.807, 2.05) is 12.1 Å². The third-order valence-corrected chi connectivity index (χ3v) is 6.82. The summed E-state index contributed by atoms with van der Waals surface area (Å²) < 4.78 is 8.05. The Hall–Kier alpha value is -2.17. The summed E-state index contributed by atoms with van der Waals surface area (Å²) in [6.45, 7) is 1.75. The molecular formula is C21H16BrO2S+. The molecule has 25 heavy (non-hydrogen) atoms. The third-order valence-electron chi connectivity index (χ3n) is 4.11. The largest absolute Gasteiger partial charge is 0.426 e. The SMILES string of the molecule is CC(Br)C(=O)Oc1ccc(-[s+]2c3ccccc3c3ccccc32)cc1. The number of carbonyl (C=O) groups excluding carboxylic acids is 1. The number of hydrogen-bond donors (Lipinski definition) is 0. The summed E-state index contributed by atoms with van der Waals surface area (Å²) in [6.07, 6.45) is 0. The number of fused-ring (bicyclic) bond motifs is 3. The van der Waals surface area contributed by atoms with Crippen LogP contribution in [-0.4, -0.2) is 10.8 Å². The number of benzene rings is 3. The van der Waals surface area contributed by atoms with E-state index in [1.54, 1.807) is 6.92 Å². The molecule has 0 radical (unpaired) electrons. The third kappa shape index (κ3) is 2.96. The first kappa shape index (κ1) is 16.3. The van der Waals surface area contributed by atoms with Gasteiger partial charge in [-0.25, -0.2) is 0 Å². The Bertz CT molecular complexity index is 1010. The summed E-state index contributed by atoms with van der Waals surface area (Å²) in [7, 11) is -0.120. The highest BCUT2D eigenvalue weighted by Crippen LogP contribution is 2.48. The van der Waals surface area contributed by atoms with Gasteiger partial charge in [0, 0.05) is 33.4 Å². The maximum atomic E-state index is 11.7. The fraction of sp³-hybridized carbons (Fsp3) is 0.0952. The minimum absolute atomic E-state index is 0.120. The van der Waals surface area contributed by atoms with Crippen LogP contribution in [0.25, 0.3) is 25.1 Å². The van der Waals surface area contributed by atoms with Crippen molar-refractivity contribution in [3.8, 4) is 10.6 Å². The predicted octanol–water partition coefficient (Wildman–Crippen LogP) is 6.42. The van der Waals surface area contributed by atoms with E-state index in [9.17, 15) is 4.79 Å². The summed E-state index contributed by atoms with van der Waals surface area (Å²) in [5, 5.41) is 2.62. The first-order chi connectivity index (χ1) is 12.1. The van der Waals surface area contributed by atoms with E-state index < -0.39 is 0 Å². The van der Waals surface area contributed by atoms with Crippen molar-refractivity contribution in [2.45, 2.75) is 11.8 Å². The zero-order chi connectivity index (χ0) is 17.4. The lowest BCUT2D eigenvalue weighted by Crippen LogP contribution is -2.16. The second-order valence-electron chi connectivity index (χ2n) is 5.81. The van der Waals surface area contributed by atoms with Gasteiger partial charge in [-0.05, 0) is 43.3 Å². The lowest BCUT2D eigenvalue weighted by molar-refractivity contribution is -0.133. The van der Waals surface area contributed by atoms with Gasteiger partial charge in [-0.1, -0.05) is 40.2 Å². The van der Waals surface area contributed by atoms with Crippen molar-refractivity contribution in [1.82, 2.24) is 0 Å². The normalized spacial score (nSPS) is 12.4. The Morgan fingerprint density at radius 1 is 0.880 bits per heavy atom. The number of esters is 1. The Balaban J connectivity index is 1.83. The fourth-order valence-electron chi connectivity index (χ4n) is 2.95. The van der Waals surface area contributed by atoms with Gasteiger partial charge in [-0.3, -0.25) is 4.79 Å². The lowest BCUT2D eigenvalue weighted by Gasteiger charge is -2.05. The first-order valence-electron chi connectivity index (χ1n) is 8.04. The van der Waals surface area contributed by atoms with Gasteiger partial charge in [0.2, 0.25) is 0 Å². The number of hydrogen-bond acceptors (Lipinski definition) is 2. The van der Waals surface area contributed by atoms with E-state index in [0.29, 0.717) is 5.75 Å². The van der Waals surface area contributed by atoms with Crippen LogP contribution < -0.4 is 4.74 Å². The lowest BCUT2D eigenvalue weighted by atomic mass is 10.2. The second-order valence-corrected chi connectivity index (χ2v) is 9.14. The molecular weight excluding hydrogens is 396 g/mol. The van der Waals surface area contributed by atoms with Crippen LogP contribution in [0.3, 0.4) is 0 Å². The number of thiophene rings is 1. The molecule has 4 heteroatoms. The quantitative estimate of drug-likeness (QED) is 0.168. The number of alkyl halides is 1. The minimum Gasteiger partial charge on any atom is -0.426 e. The molecule has 0 aliphatic heterocycles. The van der Waals surface area contributed by atoms with Gasteiger partial charge in [-0.15, -0.1) is 0 Å². The van der Waals surface area contributed by atoms with Crippen LogP contribution in [0.5, 0.6) is 5.75 Å². The van der Waals surface area contributed by atoms with E-state index in [1.165, 1.54) is 25.1 Å². The van der Waals surface area contributed by atoms with Crippen LogP contribution in [0.15, 0.2) is 72.8 Å². The Morgan fingerprint density at radius 2 is 1.40 bits per heavy atom. The van der Waals surface area contributed by atoms with Crippen LogP contribution in [0, 0.1) is 0 Å². The highest BCUT2D eigenvalue weighted by atomic mass is 79.9. The van der Waals surface area contributed by atoms with E-state index in [0.717, 1.165) is 0 Å². The van der Waals surface area contributed by atoms with Gasteiger partial charge in [-0.2, -0.15) is 0 Å². The molecule has 2 nitrogen and oxygen atoms in total. The molecule has 0 aliphatic carbocycles. The van der Waals surface area contributed by atoms with Crippen molar-refractivity contribution in [1.29, 1.82) is 0 Å². The summed E-state index contributed by atoms with van der Waals surface area (Å²) in [4.78, 5) is 12.6. The van der Waals surface area contributed by atoms with Crippen LogP contribution in [-0.2, 0) is 4.79 Å². The molecule has 3 aromatic carbocycles. The van der Waals surface area contributed by atoms with Gasteiger partial charge < -0.3 is 4.74 Å². The number of rotatable bonds is 3. The highest BCUT2D eigenvalue weighted by Gasteiger charge is 2.23. The topological polar surface area (TPSA) is 26.3 Å². The summed E-state index contributed by atoms with van der Waals surface area (Å²) in [5.41, 5.74) is 0. The van der Waals surface area contributed by atoms with Crippen LogP contribution in [0.2, 0.25) is 0 Å². The maximum Gasteiger partial charge on any atom is 0.324 e. The minimum atomic E-state index is -0.317. The monoisotopic (exact) mass is 411 g/mol. The second kappa shape index (κ2) is 6.62. The Morgan fingerprint density at radius 3 is 1.92 bits per heavy atom. The maximum absolute atomic E-state index is 11.7. The average molecular weight is 412 g/mol. The summed E-state index contributed by atoms with van der Waals surface area (Å²) in [6, 6.07) is 25.0. The fourth-order valence-corrected chi connectivity index (χ4v) is 5.42. The average Bonchev–Trinajstić information content (AvgIpc) is 2.97. The van der Waals surface area contributed by atoms with E-state index in [2.05, 4.69) is 76.6 Å². The molecule has 0 bridgehead atoms. The smallest absolute Gasteiger partial charge is 0.324 e. The molecule has 124 valence electrons. The highest BCUT2D eigenvalue weighted by molar-refractivity contribution is 9.10. The summed E-state index contributed by atoms with van der Waals surface area (Å²) >= 11 is 3.23. The van der Waals surface area contributed by atoms with Crippen molar-refractivity contribution in [3.05, 3.63) is 72.8 Å². The number of carbonyl (C=O) groups is 1. The van der Waals surface area contributed by atoms with Gasteiger partial charge in [0.15, 0.2) is 14.3 Å². The van der Waals surface area contributed by atoms with Crippen molar-refractivity contribution >= 4 is 52.5 Å². The standard InChI is InChI=1S/C21H16BrO2S/c1-14(22)21(23)24-15-10-12-16(13-11-15)25-19-8-4-2-6-17(19)18-7-3-5-9-20(18)25/h2-14H,1H3/q+1. The molecule has 0 spiro atoms. The van der Waals surface area contributed by atoms with Crippen LogP contribution >= 0.6 is 26.4 Å². The van der Waals surface area contributed by atoms with Gasteiger partial charge in [0.25, 0.3) is 0 Å². The number of halogens is 1. The van der Waals surface area contributed by atoms with Crippen LogP contribution in [0.4, 0.5) is 0 Å². The van der Waals surface area contributed by atoms with Crippen molar-refractivity contribution in [2.75, 3.05) is 0 Å². The zero-order valence-corrected chi connectivity index (χ0v) is 16.0. The Labute approximate surface area is 157 Å². The predicted molar refractivity (Wildman–Crippen MR) is 109 cm³/mol. The Kier molecular flexibility index (Phi) is 4.32. The molecule has 0 saturated heterocycles. The molecule has 4 rings (SSSR count). The molecule has 0 N–H and O–H groups in total. The van der Waals surface area contributed by atoms with E-state index in [-0.39, 0.29) is 21.3 Å². The van der Waals surface area contributed by atoms with E-state index >= 15 is 0 Å². The van der Waals surface area contributed by atoms with Gasteiger partial charge >= 0.3 is 5.97 Å². The number of ether oxygens (including phenoxy) is 1. The van der Waals surface area contributed by atoms with Gasteiger partial charge in [0.05, 0.1) is 0 Å². The molecule has 1 atom stereocenters. The molecule has 0 saturated carbocycles. The molecule has 0 fully saturated rings. The van der Waals surface area contributed by atoms with Crippen molar-refractivity contribution in [3.63, 3.8) is 0 Å². The van der Waals surface area contributed by atoms with Crippen LogP contribution in [0.1, 0.15) is 6.92 Å². The zero-order valence-electron chi connectivity index (χ0n) is 13.6. The van der Waals surface area contributed by atoms with Crippen molar-refractivity contribution < 1.29 is 9.53 Å². The molecule has 0 amide bonds. The van der Waals surface area contributed by atoms with Crippen molar-refractivity contribution in [2.24, 2.45) is 0 Å². The molecule has 1 aromatic heterocycles. The first-order valence-corrected chi connectivity index (χ1v) is 10.2. The van der Waals surface area contributed by atoms with Gasteiger partial charge in [0.1, 0.15) is 10.6 Å². The molecule has 1 heterocycles. The molecule has 1 unspecified atom stereocenters. The molecule has 4 aromatic rings. The van der Waals surface area contributed by atoms with E-state index in [4.69, 9.17) is 4.74 Å². The summed E-state index contributed by atoms with van der Waals surface area (Å²) in [5.74, 6) is 0.288. The molecule has 0 aliphatic rings.